The molecular weight excluding hydrogens is 623 g/mol. The number of fused-ring (bicyclic) bond motifs is 3. The largest absolute Gasteiger partial charge is 0.461 e. The maximum absolute atomic E-state index is 15.6. The molecule has 4 heterocycles. The monoisotopic (exact) mass is 666 g/mol. The van der Waals surface area contributed by atoms with Crippen LogP contribution in [0.15, 0.2) is 53.5 Å². The van der Waals surface area contributed by atoms with Gasteiger partial charge in [-0.25, -0.2) is 9.37 Å². The third kappa shape index (κ3) is 6.39. The number of hydrogen-bond acceptors (Lipinski definition) is 7. The highest BCUT2D eigenvalue weighted by Crippen LogP contribution is 2.41. The van der Waals surface area contributed by atoms with Crippen LogP contribution in [0.1, 0.15) is 72.4 Å². The van der Waals surface area contributed by atoms with E-state index in [1.807, 2.05) is 18.2 Å². The highest BCUT2D eigenvalue weighted by molar-refractivity contribution is 6.07. The summed E-state index contributed by atoms with van der Waals surface area (Å²) < 4.78 is 24.5. The van der Waals surface area contributed by atoms with Crippen LogP contribution in [-0.2, 0) is 42.6 Å². The summed E-state index contributed by atoms with van der Waals surface area (Å²) in [5.74, 6) is -0.761. The molecule has 4 aromatic rings. The van der Waals surface area contributed by atoms with Crippen LogP contribution in [0.5, 0.6) is 0 Å². The number of hydrogen-bond donors (Lipinski definition) is 1. The van der Waals surface area contributed by atoms with Gasteiger partial charge in [0.1, 0.15) is 18.1 Å². The fourth-order valence-electron chi connectivity index (χ4n) is 7.69. The number of anilines is 3. The number of likely N-dealkylation sites (tertiary alicyclic amines) is 1. The first-order valence-corrected chi connectivity index (χ1v) is 17.0. The lowest BCUT2D eigenvalue weighted by Crippen LogP contribution is -2.41. The van der Waals surface area contributed by atoms with Gasteiger partial charge in [0.15, 0.2) is 5.82 Å². The van der Waals surface area contributed by atoms with Crippen molar-refractivity contribution >= 4 is 29.1 Å². The van der Waals surface area contributed by atoms with E-state index in [1.54, 1.807) is 11.9 Å². The number of rotatable bonds is 7. The van der Waals surface area contributed by atoms with Crippen LogP contribution >= 0.6 is 0 Å². The molecule has 2 aromatic carbocycles. The van der Waals surface area contributed by atoms with Gasteiger partial charge in [-0.15, -0.1) is 0 Å². The van der Waals surface area contributed by atoms with Crippen LogP contribution in [0.3, 0.4) is 0 Å². The van der Waals surface area contributed by atoms with E-state index in [-0.39, 0.29) is 29.3 Å². The Hall–Kier alpha value is -4.77. The summed E-state index contributed by atoms with van der Waals surface area (Å²) in [4.78, 5) is 47.9. The lowest BCUT2D eigenvalue weighted by Gasteiger charge is -2.32. The van der Waals surface area contributed by atoms with Gasteiger partial charge in [-0.05, 0) is 98.6 Å². The second-order valence-corrected chi connectivity index (χ2v) is 14.6. The number of aryl methyl sites for hydroxylation is 1. The van der Waals surface area contributed by atoms with Crippen molar-refractivity contribution in [2.45, 2.75) is 65.5 Å². The van der Waals surface area contributed by atoms with Crippen molar-refractivity contribution in [1.82, 2.24) is 19.0 Å². The Bertz CT molecular complexity index is 2010. The van der Waals surface area contributed by atoms with E-state index >= 15 is 4.39 Å². The van der Waals surface area contributed by atoms with E-state index in [1.165, 1.54) is 46.6 Å². The SMILES string of the molecule is CC(=O)OCc1c(-c2cn(C)c(=O)c(Nc3ccc(C4CCN(C)CC4)cc3)n2)cc(F)cc1N1CCn2c(cc3c2CC(C)(C)C3)C1=O. The van der Waals surface area contributed by atoms with Crippen molar-refractivity contribution in [2.75, 3.05) is 36.9 Å². The molecular formula is C38H43FN6O4. The molecule has 0 unspecified atom stereocenters. The summed E-state index contributed by atoms with van der Waals surface area (Å²) in [6, 6.07) is 12.7. The zero-order valence-corrected chi connectivity index (χ0v) is 28.8. The summed E-state index contributed by atoms with van der Waals surface area (Å²) in [6.07, 6.45) is 5.54. The predicted molar refractivity (Wildman–Crippen MR) is 187 cm³/mol. The summed E-state index contributed by atoms with van der Waals surface area (Å²) in [5.41, 5.74) is 6.07. The van der Waals surface area contributed by atoms with Crippen LogP contribution in [-0.4, -0.2) is 57.6 Å². The number of esters is 1. The summed E-state index contributed by atoms with van der Waals surface area (Å²) >= 11 is 0. The smallest absolute Gasteiger partial charge is 0.302 e. The van der Waals surface area contributed by atoms with E-state index in [0.717, 1.165) is 38.8 Å². The lowest BCUT2D eigenvalue weighted by molar-refractivity contribution is -0.142. The van der Waals surface area contributed by atoms with Crippen molar-refractivity contribution in [3.63, 3.8) is 0 Å². The Kier molecular flexibility index (Phi) is 8.42. The normalized spacial score (nSPS) is 17.6. The molecule has 1 aliphatic carbocycles. The Balaban J connectivity index is 1.23. The number of halogens is 1. The Morgan fingerprint density at radius 3 is 2.47 bits per heavy atom. The third-order valence-corrected chi connectivity index (χ3v) is 10.2. The predicted octanol–water partition coefficient (Wildman–Crippen LogP) is 5.79. The molecule has 0 bridgehead atoms. The topological polar surface area (TPSA) is 102 Å². The van der Waals surface area contributed by atoms with Crippen molar-refractivity contribution < 1.29 is 18.7 Å². The van der Waals surface area contributed by atoms with Gasteiger partial charge in [-0.1, -0.05) is 26.0 Å². The number of nitrogens with zero attached hydrogens (tertiary/aromatic N) is 5. The minimum absolute atomic E-state index is 0.0700. The molecule has 7 rings (SSSR count). The molecule has 49 heavy (non-hydrogen) atoms. The number of aromatic nitrogens is 3. The maximum atomic E-state index is 15.6. The maximum Gasteiger partial charge on any atom is 0.302 e. The molecule has 0 radical (unpaired) electrons. The molecule has 2 aromatic heterocycles. The van der Waals surface area contributed by atoms with Crippen LogP contribution in [0.25, 0.3) is 11.3 Å². The highest BCUT2D eigenvalue weighted by atomic mass is 19.1. The van der Waals surface area contributed by atoms with E-state index in [4.69, 9.17) is 4.74 Å². The average molecular weight is 667 g/mol. The number of carbonyl (C=O) groups is 2. The molecule has 1 N–H and O–H groups in total. The number of carbonyl (C=O) groups excluding carboxylic acids is 2. The summed E-state index contributed by atoms with van der Waals surface area (Å²) in [6.45, 7) is 8.58. The minimum atomic E-state index is -0.579. The Labute approximate surface area is 285 Å². The first-order valence-electron chi connectivity index (χ1n) is 17.0. The van der Waals surface area contributed by atoms with Crippen molar-refractivity contribution in [3.8, 4) is 11.3 Å². The van der Waals surface area contributed by atoms with Gasteiger partial charge in [-0.2, -0.15) is 0 Å². The molecule has 0 saturated carbocycles. The first-order chi connectivity index (χ1) is 23.4. The second kappa shape index (κ2) is 12.6. The molecule has 1 amide bonds. The third-order valence-electron chi connectivity index (χ3n) is 10.2. The molecule has 3 aliphatic rings. The Morgan fingerprint density at radius 2 is 1.76 bits per heavy atom. The minimum Gasteiger partial charge on any atom is -0.461 e. The van der Waals surface area contributed by atoms with Crippen LogP contribution in [0.4, 0.5) is 21.6 Å². The molecule has 2 aliphatic heterocycles. The number of amides is 1. The van der Waals surface area contributed by atoms with Gasteiger partial charge >= 0.3 is 5.97 Å². The highest BCUT2D eigenvalue weighted by Gasteiger charge is 2.37. The van der Waals surface area contributed by atoms with E-state index in [0.29, 0.717) is 52.9 Å². The van der Waals surface area contributed by atoms with Crippen molar-refractivity contribution in [2.24, 2.45) is 12.5 Å². The van der Waals surface area contributed by atoms with Gasteiger partial charge in [0, 0.05) is 55.8 Å². The molecule has 11 heteroatoms. The summed E-state index contributed by atoms with van der Waals surface area (Å²) in [7, 11) is 3.75. The van der Waals surface area contributed by atoms with Crippen LogP contribution in [0, 0.1) is 11.2 Å². The van der Waals surface area contributed by atoms with E-state index in [2.05, 4.69) is 52.8 Å². The average Bonchev–Trinajstić information content (AvgIpc) is 3.55. The van der Waals surface area contributed by atoms with Crippen LogP contribution in [0.2, 0.25) is 0 Å². The number of nitrogens with one attached hydrogen (secondary N) is 1. The Morgan fingerprint density at radius 1 is 1.02 bits per heavy atom. The quantitative estimate of drug-likeness (QED) is 0.249. The van der Waals surface area contributed by atoms with Gasteiger partial charge < -0.3 is 29.0 Å². The standard InChI is InChI=1S/C38H43FN6O4/c1-23(46)49-22-30-29(17-27(39)18-32(30)45-15-14-44-33(36(45)47)16-26-19-38(2,3)20-34(26)44)31-21-43(5)37(48)35(41-31)40-28-8-6-24(7-9-28)25-10-12-42(4)13-11-25/h6-9,16-18,21,25H,10-15,19-20,22H2,1-5H3,(H,40,41). The van der Waals surface area contributed by atoms with Gasteiger partial charge in [0.2, 0.25) is 0 Å². The zero-order valence-electron chi connectivity index (χ0n) is 28.8. The van der Waals surface area contributed by atoms with Gasteiger partial charge in [0.25, 0.3) is 11.5 Å². The summed E-state index contributed by atoms with van der Waals surface area (Å²) in [5, 5.41) is 3.17. The van der Waals surface area contributed by atoms with Gasteiger partial charge in [-0.3, -0.25) is 14.4 Å². The molecule has 1 saturated heterocycles. The second-order valence-electron chi connectivity index (χ2n) is 14.6. The van der Waals surface area contributed by atoms with E-state index < -0.39 is 11.8 Å². The molecule has 0 atom stereocenters. The number of ether oxygens (including phenoxy) is 1. The molecule has 1 fully saturated rings. The van der Waals surface area contributed by atoms with E-state index in [9.17, 15) is 14.4 Å². The van der Waals surface area contributed by atoms with Crippen molar-refractivity contribution in [3.05, 3.63) is 92.9 Å². The van der Waals surface area contributed by atoms with Gasteiger partial charge in [0.05, 0.1) is 11.4 Å². The lowest BCUT2D eigenvalue weighted by atomic mass is 9.89. The van der Waals surface area contributed by atoms with Crippen LogP contribution < -0.4 is 15.8 Å². The molecule has 10 nitrogen and oxygen atoms in total. The molecule has 0 spiro atoms. The zero-order chi connectivity index (χ0) is 34.6. The number of piperidine rings is 1. The molecule has 256 valence electrons. The number of benzene rings is 2. The fraction of sp³-hybridized carbons (Fsp3) is 0.421. The first kappa shape index (κ1) is 32.8. The fourth-order valence-corrected chi connectivity index (χ4v) is 7.69. The van der Waals surface area contributed by atoms with Crippen molar-refractivity contribution in [1.29, 1.82) is 0 Å².